The maximum atomic E-state index is 9.95. The molecule has 3 heteroatoms. The van der Waals surface area contributed by atoms with Gasteiger partial charge >= 0.3 is 0 Å². The SMILES string of the molecule is Oc1ccc2c3c(ccc2c1)C(C1CCCCC1)c1ccc2cc(O)ccc2c1O3. The Morgan fingerprint density at radius 3 is 1.70 bits per heavy atom. The van der Waals surface area contributed by atoms with Crippen molar-refractivity contribution in [2.24, 2.45) is 5.92 Å². The molecule has 6 rings (SSSR count). The molecule has 1 aliphatic heterocycles. The second-order valence-electron chi connectivity index (χ2n) is 8.76. The number of aromatic hydroxyl groups is 2. The highest BCUT2D eigenvalue weighted by atomic mass is 16.5. The molecule has 1 fully saturated rings. The average molecular weight is 396 g/mol. The summed E-state index contributed by atoms with van der Waals surface area (Å²) in [6.45, 7) is 0. The van der Waals surface area contributed by atoms with Crippen LogP contribution in [0, 0.1) is 5.92 Å². The molecule has 3 nitrogen and oxygen atoms in total. The highest BCUT2D eigenvalue weighted by molar-refractivity contribution is 5.96. The highest BCUT2D eigenvalue weighted by Crippen LogP contribution is 2.54. The summed E-state index contributed by atoms with van der Waals surface area (Å²) in [6.07, 6.45) is 6.38. The minimum Gasteiger partial charge on any atom is -0.508 e. The second-order valence-corrected chi connectivity index (χ2v) is 8.76. The molecule has 0 aromatic heterocycles. The van der Waals surface area contributed by atoms with Gasteiger partial charge in [-0.15, -0.1) is 0 Å². The normalized spacial score (nSPS) is 16.9. The van der Waals surface area contributed by atoms with Gasteiger partial charge in [0.15, 0.2) is 0 Å². The van der Waals surface area contributed by atoms with E-state index in [1.54, 1.807) is 24.3 Å². The molecule has 1 heterocycles. The summed E-state index contributed by atoms with van der Waals surface area (Å²) < 4.78 is 6.64. The molecule has 30 heavy (non-hydrogen) atoms. The van der Waals surface area contributed by atoms with Crippen LogP contribution in [0.5, 0.6) is 23.0 Å². The molecule has 1 aliphatic carbocycles. The van der Waals surface area contributed by atoms with Crippen LogP contribution in [-0.2, 0) is 0 Å². The van der Waals surface area contributed by atoms with Gasteiger partial charge in [-0.2, -0.15) is 0 Å². The highest BCUT2D eigenvalue weighted by Gasteiger charge is 2.35. The Balaban J connectivity index is 1.63. The van der Waals surface area contributed by atoms with Crippen LogP contribution in [0.4, 0.5) is 0 Å². The molecule has 0 unspecified atom stereocenters. The zero-order valence-corrected chi connectivity index (χ0v) is 16.8. The van der Waals surface area contributed by atoms with Crippen LogP contribution < -0.4 is 4.74 Å². The van der Waals surface area contributed by atoms with Crippen molar-refractivity contribution in [2.75, 3.05) is 0 Å². The first-order valence-corrected chi connectivity index (χ1v) is 10.9. The van der Waals surface area contributed by atoms with Crippen LogP contribution in [0.2, 0.25) is 0 Å². The monoisotopic (exact) mass is 396 g/mol. The van der Waals surface area contributed by atoms with Gasteiger partial charge in [0.05, 0.1) is 0 Å². The van der Waals surface area contributed by atoms with E-state index in [-0.39, 0.29) is 11.5 Å². The standard InChI is InChI=1S/C27H24O3/c28-19-8-12-21-17(14-19)6-10-23-25(16-4-2-1-3-5-16)24-11-7-18-15-20(29)9-13-22(18)27(24)30-26(21)23/h6-16,25,28-29H,1-5H2. The summed E-state index contributed by atoms with van der Waals surface area (Å²) in [5.41, 5.74) is 2.51. The average Bonchev–Trinajstić information content (AvgIpc) is 2.77. The van der Waals surface area contributed by atoms with Crippen LogP contribution >= 0.6 is 0 Å². The van der Waals surface area contributed by atoms with Crippen molar-refractivity contribution in [3.63, 3.8) is 0 Å². The van der Waals surface area contributed by atoms with Gasteiger partial charge < -0.3 is 14.9 Å². The largest absolute Gasteiger partial charge is 0.508 e. The molecule has 4 aromatic rings. The zero-order chi connectivity index (χ0) is 20.2. The number of hydrogen-bond acceptors (Lipinski definition) is 3. The van der Waals surface area contributed by atoms with Gasteiger partial charge in [-0.1, -0.05) is 43.5 Å². The van der Waals surface area contributed by atoms with E-state index in [4.69, 9.17) is 4.74 Å². The Morgan fingerprint density at radius 1 is 0.633 bits per heavy atom. The third kappa shape index (κ3) is 2.65. The Labute approximate surface area is 175 Å². The molecule has 0 spiro atoms. The molecule has 0 atom stereocenters. The van der Waals surface area contributed by atoms with E-state index in [1.165, 1.54) is 43.2 Å². The fraction of sp³-hybridized carbons (Fsp3) is 0.259. The van der Waals surface area contributed by atoms with Gasteiger partial charge in [0.2, 0.25) is 0 Å². The van der Waals surface area contributed by atoms with Gasteiger partial charge in [-0.25, -0.2) is 0 Å². The predicted octanol–water partition coefficient (Wildman–Crippen LogP) is 7.22. The maximum absolute atomic E-state index is 9.95. The quantitative estimate of drug-likeness (QED) is 0.357. The minimum absolute atomic E-state index is 0.267. The molecule has 0 amide bonds. The van der Waals surface area contributed by atoms with Crippen molar-refractivity contribution in [1.82, 2.24) is 0 Å². The molecule has 2 N–H and O–H groups in total. The predicted molar refractivity (Wildman–Crippen MR) is 120 cm³/mol. The molecule has 0 saturated heterocycles. The maximum Gasteiger partial charge on any atom is 0.139 e. The number of benzene rings is 4. The van der Waals surface area contributed by atoms with Gasteiger partial charge in [0, 0.05) is 27.8 Å². The smallest absolute Gasteiger partial charge is 0.139 e. The molecule has 150 valence electrons. The Hall–Kier alpha value is -3.20. The van der Waals surface area contributed by atoms with Crippen LogP contribution in [0.3, 0.4) is 0 Å². The number of ether oxygens (including phenoxy) is 1. The summed E-state index contributed by atoms with van der Waals surface area (Å²) in [6, 6.07) is 19.6. The minimum atomic E-state index is 0.267. The second kappa shape index (κ2) is 6.66. The van der Waals surface area contributed by atoms with Crippen molar-refractivity contribution < 1.29 is 14.9 Å². The fourth-order valence-corrected chi connectivity index (χ4v) is 5.57. The fourth-order valence-electron chi connectivity index (χ4n) is 5.57. The van der Waals surface area contributed by atoms with Crippen LogP contribution in [0.15, 0.2) is 60.7 Å². The molecule has 0 bridgehead atoms. The number of phenolic OH excluding ortho intramolecular Hbond substituents is 2. The summed E-state index contributed by atoms with van der Waals surface area (Å²) in [5, 5.41) is 23.9. The van der Waals surface area contributed by atoms with E-state index in [0.29, 0.717) is 11.8 Å². The zero-order valence-electron chi connectivity index (χ0n) is 16.8. The number of phenols is 2. The lowest BCUT2D eigenvalue weighted by Crippen LogP contribution is -2.21. The Kier molecular flexibility index (Phi) is 3.92. The van der Waals surface area contributed by atoms with Crippen LogP contribution in [-0.4, -0.2) is 10.2 Å². The van der Waals surface area contributed by atoms with E-state index in [9.17, 15) is 10.2 Å². The molecule has 4 aromatic carbocycles. The lowest BCUT2D eigenvalue weighted by molar-refractivity contribution is 0.311. The van der Waals surface area contributed by atoms with Crippen LogP contribution in [0.25, 0.3) is 21.5 Å². The first-order valence-electron chi connectivity index (χ1n) is 10.9. The first kappa shape index (κ1) is 17.6. The van der Waals surface area contributed by atoms with E-state index < -0.39 is 0 Å². The number of hydrogen-bond donors (Lipinski definition) is 2. The van der Waals surface area contributed by atoms with Crippen molar-refractivity contribution in [3.05, 3.63) is 71.8 Å². The summed E-state index contributed by atoms with van der Waals surface area (Å²) in [7, 11) is 0. The third-order valence-electron chi connectivity index (χ3n) is 6.96. The van der Waals surface area contributed by atoms with Crippen LogP contribution in [0.1, 0.15) is 49.1 Å². The first-order chi connectivity index (χ1) is 14.7. The van der Waals surface area contributed by atoms with Gasteiger partial charge in [-0.05, 0) is 65.9 Å². The van der Waals surface area contributed by atoms with Gasteiger partial charge in [-0.3, -0.25) is 0 Å². The van der Waals surface area contributed by atoms with Crippen molar-refractivity contribution in [2.45, 2.75) is 38.0 Å². The van der Waals surface area contributed by atoms with E-state index in [2.05, 4.69) is 24.3 Å². The Morgan fingerprint density at radius 2 is 1.17 bits per heavy atom. The van der Waals surface area contributed by atoms with Gasteiger partial charge in [0.25, 0.3) is 0 Å². The summed E-state index contributed by atoms with van der Waals surface area (Å²) in [5.74, 6) is 3.27. The Bertz CT molecular complexity index is 1190. The van der Waals surface area contributed by atoms with Crippen molar-refractivity contribution >= 4 is 21.5 Å². The lowest BCUT2D eigenvalue weighted by Gasteiger charge is -2.36. The molecular formula is C27H24O3. The van der Waals surface area contributed by atoms with E-state index in [0.717, 1.165) is 33.0 Å². The molecule has 0 radical (unpaired) electrons. The lowest BCUT2D eigenvalue weighted by atomic mass is 9.71. The summed E-state index contributed by atoms with van der Waals surface area (Å²) >= 11 is 0. The molecule has 2 aliphatic rings. The third-order valence-corrected chi connectivity index (χ3v) is 6.96. The van der Waals surface area contributed by atoms with Gasteiger partial charge in [0.1, 0.15) is 23.0 Å². The van der Waals surface area contributed by atoms with Crippen molar-refractivity contribution in [3.8, 4) is 23.0 Å². The molecular weight excluding hydrogens is 372 g/mol. The molecule has 1 saturated carbocycles. The van der Waals surface area contributed by atoms with E-state index in [1.807, 2.05) is 12.1 Å². The van der Waals surface area contributed by atoms with Crippen molar-refractivity contribution in [1.29, 1.82) is 0 Å². The number of fused-ring (bicyclic) bond motifs is 6. The summed E-state index contributed by atoms with van der Waals surface area (Å²) in [4.78, 5) is 0. The number of rotatable bonds is 1. The van der Waals surface area contributed by atoms with E-state index >= 15 is 0 Å². The topological polar surface area (TPSA) is 49.7 Å².